The first-order valence-corrected chi connectivity index (χ1v) is 9.02. The van der Waals surface area contributed by atoms with Crippen LogP contribution in [0, 0.1) is 6.92 Å². The molecule has 0 spiro atoms. The molecule has 2 amide bonds. The Kier molecular flexibility index (Phi) is 5.68. The molecule has 3 rings (SSSR count). The van der Waals surface area contributed by atoms with Crippen molar-refractivity contribution in [3.05, 3.63) is 59.7 Å². The fourth-order valence-corrected chi connectivity index (χ4v) is 3.30. The lowest BCUT2D eigenvalue weighted by molar-refractivity contribution is -0.121. The standard InChI is InChI=1S/C21H25N3O2/c1-15-7-5-8-16(13-15)20(25)22-17-9-6-10-18(14-17)23-21(26)19-11-3-4-12-24(19)2/h5-10,13-14,19H,3-4,11-12H2,1-2H3,(H,22,25)(H,23,26)/t19-/m1/s1. The molecule has 1 aliphatic heterocycles. The van der Waals surface area contributed by atoms with Crippen LogP contribution in [0.3, 0.4) is 0 Å². The fourth-order valence-electron chi connectivity index (χ4n) is 3.30. The minimum atomic E-state index is -0.163. The van der Waals surface area contributed by atoms with Gasteiger partial charge in [0, 0.05) is 16.9 Å². The molecule has 1 heterocycles. The molecule has 136 valence electrons. The molecule has 0 aromatic heterocycles. The predicted molar refractivity (Wildman–Crippen MR) is 104 cm³/mol. The van der Waals surface area contributed by atoms with Gasteiger partial charge in [-0.2, -0.15) is 0 Å². The van der Waals surface area contributed by atoms with Crippen molar-refractivity contribution in [3.8, 4) is 0 Å². The maximum atomic E-state index is 12.5. The summed E-state index contributed by atoms with van der Waals surface area (Å²) in [6, 6.07) is 14.6. The number of piperidine rings is 1. The second-order valence-electron chi connectivity index (χ2n) is 6.89. The molecule has 2 aromatic rings. The minimum Gasteiger partial charge on any atom is -0.325 e. The van der Waals surface area contributed by atoms with Crippen molar-refractivity contribution in [3.63, 3.8) is 0 Å². The van der Waals surface area contributed by atoms with Gasteiger partial charge < -0.3 is 10.6 Å². The molecule has 2 aromatic carbocycles. The van der Waals surface area contributed by atoms with Gasteiger partial charge in [0.25, 0.3) is 5.91 Å². The van der Waals surface area contributed by atoms with Crippen molar-refractivity contribution < 1.29 is 9.59 Å². The summed E-state index contributed by atoms with van der Waals surface area (Å²) in [5.41, 5.74) is 3.00. The molecule has 1 saturated heterocycles. The van der Waals surface area contributed by atoms with E-state index in [2.05, 4.69) is 15.5 Å². The van der Waals surface area contributed by atoms with Gasteiger partial charge in [-0.05, 0) is 63.7 Å². The highest BCUT2D eigenvalue weighted by Crippen LogP contribution is 2.20. The van der Waals surface area contributed by atoms with Gasteiger partial charge >= 0.3 is 0 Å². The lowest BCUT2D eigenvalue weighted by atomic mass is 10.0. The van der Waals surface area contributed by atoms with Crippen molar-refractivity contribution in [1.29, 1.82) is 0 Å². The SMILES string of the molecule is Cc1cccc(C(=O)Nc2cccc(NC(=O)[C@H]3CCCCN3C)c2)c1. The molecule has 0 unspecified atom stereocenters. The Morgan fingerprint density at radius 3 is 2.46 bits per heavy atom. The molecular weight excluding hydrogens is 326 g/mol. The lowest BCUT2D eigenvalue weighted by Gasteiger charge is -2.31. The number of carbonyl (C=O) groups excluding carboxylic acids is 2. The summed E-state index contributed by atoms with van der Waals surface area (Å²) in [5.74, 6) is -0.154. The molecule has 2 N–H and O–H groups in total. The first-order chi connectivity index (χ1) is 12.5. The number of nitrogens with zero attached hydrogens (tertiary/aromatic N) is 1. The van der Waals surface area contributed by atoms with Crippen molar-refractivity contribution in [1.82, 2.24) is 4.90 Å². The van der Waals surface area contributed by atoms with Crippen LogP contribution in [0.5, 0.6) is 0 Å². The largest absolute Gasteiger partial charge is 0.325 e. The maximum absolute atomic E-state index is 12.5. The Morgan fingerprint density at radius 2 is 1.73 bits per heavy atom. The van der Waals surface area contributed by atoms with Gasteiger partial charge in [0.2, 0.25) is 5.91 Å². The van der Waals surface area contributed by atoms with Gasteiger partial charge in [-0.15, -0.1) is 0 Å². The summed E-state index contributed by atoms with van der Waals surface area (Å²) < 4.78 is 0. The Bertz CT molecular complexity index is 803. The van der Waals surface area contributed by atoms with Gasteiger partial charge in [0.05, 0.1) is 6.04 Å². The summed E-state index contributed by atoms with van der Waals surface area (Å²) in [6.07, 6.45) is 3.10. The number of hydrogen-bond donors (Lipinski definition) is 2. The number of benzene rings is 2. The normalized spacial score (nSPS) is 17.5. The Balaban J connectivity index is 1.66. The van der Waals surface area contributed by atoms with Crippen molar-refractivity contribution in [2.45, 2.75) is 32.2 Å². The molecule has 26 heavy (non-hydrogen) atoms. The van der Waals surface area contributed by atoms with Crippen LogP contribution < -0.4 is 10.6 Å². The van der Waals surface area contributed by atoms with Crippen LogP contribution in [0.15, 0.2) is 48.5 Å². The third-order valence-electron chi connectivity index (χ3n) is 4.74. The average molecular weight is 351 g/mol. The first-order valence-electron chi connectivity index (χ1n) is 9.02. The van der Waals surface area contributed by atoms with E-state index in [-0.39, 0.29) is 17.9 Å². The second-order valence-corrected chi connectivity index (χ2v) is 6.89. The van der Waals surface area contributed by atoms with Crippen LogP contribution in [0.1, 0.15) is 35.2 Å². The molecule has 1 atom stereocenters. The number of rotatable bonds is 4. The van der Waals surface area contributed by atoms with E-state index in [0.29, 0.717) is 16.9 Å². The summed E-state index contributed by atoms with van der Waals surface area (Å²) in [6.45, 7) is 2.90. The van der Waals surface area contributed by atoms with E-state index in [0.717, 1.165) is 31.4 Å². The number of anilines is 2. The van der Waals surface area contributed by atoms with E-state index in [1.807, 2.05) is 50.4 Å². The van der Waals surface area contributed by atoms with Crippen LogP contribution in [-0.2, 0) is 4.79 Å². The average Bonchev–Trinajstić information content (AvgIpc) is 2.62. The molecule has 5 nitrogen and oxygen atoms in total. The Morgan fingerprint density at radius 1 is 1.00 bits per heavy atom. The zero-order valence-electron chi connectivity index (χ0n) is 15.3. The molecule has 1 fully saturated rings. The van der Waals surface area contributed by atoms with Crippen LogP contribution in [0.4, 0.5) is 11.4 Å². The highest BCUT2D eigenvalue weighted by atomic mass is 16.2. The third-order valence-corrected chi connectivity index (χ3v) is 4.74. The van der Waals surface area contributed by atoms with E-state index < -0.39 is 0 Å². The molecule has 1 aliphatic rings. The Hall–Kier alpha value is -2.66. The second kappa shape index (κ2) is 8.15. The smallest absolute Gasteiger partial charge is 0.255 e. The zero-order valence-corrected chi connectivity index (χ0v) is 15.3. The summed E-state index contributed by atoms with van der Waals surface area (Å²) in [5, 5.41) is 5.86. The van der Waals surface area contributed by atoms with E-state index in [1.165, 1.54) is 0 Å². The van der Waals surface area contributed by atoms with E-state index in [4.69, 9.17) is 0 Å². The quantitative estimate of drug-likeness (QED) is 0.883. The number of amides is 2. The number of likely N-dealkylation sites (N-methyl/N-ethyl adjacent to an activating group) is 1. The third kappa shape index (κ3) is 4.49. The van der Waals surface area contributed by atoms with Gasteiger partial charge in [-0.3, -0.25) is 14.5 Å². The van der Waals surface area contributed by atoms with Gasteiger partial charge in [-0.1, -0.05) is 30.2 Å². The highest BCUT2D eigenvalue weighted by molar-refractivity contribution is 6.05. The van der Waals surface area contributed by atoms with Crippen LogP contribution >= 0.6 is 0 Å². The molecule has 5 heteroatoms. The van der Waals surface area contributed by atoms with Gasteiger partial charge in [0.1, 0.15) is 0 Å². The van der Waals surface area contributed by atoms with Crippen molar-refractivity contribution >= 4 is 23.2 Å². The minimum absolute atomic E-state index is 0.00867. The monoisotopic (exact) mass is 351 g/mol. The molecule has 0 radical (unpaired) electrons. The van der Waals surface area contributed by atoms with Crippen molar-refractivity contribution in [2.75, 3.05) is 24.2 Å². The fraction of sp³-hybridized carbons (Fsp3) is 0.333. The number of aryl methyl sites for hydroxylation is 1. The Labute approximate surface area is 154 Å². The van der Waals surface area contributed by atoms with Crippen molar-refractivity contribution in [2.24, 2.45) is 0 Å². The molecule has 0 aliphatic carbocycles. The summed E-state index contributed by atoms with van der Waals surface area (Å²) in [7, 11) is 1.99. The van der Waals surface area contributed by atoms with Crippen LogP contribution in [0.2, 0.25) is 0 Å². The lowest BCUT2D eigenvalue weighted by Crippen LogP contribution is -2.44. The maximum Gasteiger partial charge on any atom is 0.255 e. The molecule has 0 bridgehead atoms. The summed E-state index contributed by atoms with van der Waals surface area (Å²) in [4.78, 5) is 27.0. The highest BCUT2D eigenvalue weighted by Gasteiger charge is 2.25. The van der Waals surface area contributed by atoms with Gasteiger partial charge in [0.15, 0.2) is 0 Å². The molecule has 0 saturated carbocycles. The van der Waals surface area contributed by atoms with E-state index in [9.17, 15) is 9.59 Å². The number of likely N-dealkylation sites (tertiary alicyclic amines) is 1. The van der Waals surface area contributed by atoms with Gasteiger partial charge in [-0.25, -0.2) is 0 Å². The first kappa shape index (κ1) is 18.1. The predicted octanol–water partition coefficient (Wildman–Crippen LogP) is 3.67. The molecular formula is C21H25N3O2. The number of carbonyl (C=O) groups is 2. The van der Waals surface area contributed by atoms with E-state index >= 15 is 0 Å². The van der Waals surface area contributed by atoms with Crippen LogP contribution in [-0.4, -0.2) is 36.3 Å². The van der Waals surface area contributed by atoms with E-state index in [1.54, 1.807) is 12.1 Å². The summed E-state index contributed by atoms with van der Waals surface area (Å²) >= 11 is 0. The number of nitrogens with one attached hydrogen (secondary N) is 2. The zero-order chi connectivity index (χ0) is 18.5. The topological polar surface area (TPSA) is 61.4 Å². The number of hydrogen-bond acceptors (Lipinski definition) is 3. The van der Waals surface area contributed by atoms with Crippen LogP contribution in [0.25, 0.3) is 0 Å².